The van der Waals surface area contributed by atoms with Gasteiger partial charge < -0.3 is 16.2 Å². The Morgan fingerprint density at radius 2 is 1.88 bits per heavy atom. The molecule has 0 spiro atoms. The smallest absolute Gasteiger partial charge is 0.0992 e. The van der Waals surface area contributed by atoms with Gasteiger partial charge in [0.2, 0.25) is 0 Å². The van der Waals surface area contributed by atoms with Crippen molar-refractivity contribution >= 4 is 11.4 Å². The Kier molecular flexibility index (Phi) is 3.35. The molecule has 0 heterocycles. The first-order chi connectivity index (χ1) is 7.67. The zero-order valence-corrected chi connectivity index (χ0v) is 10.7. The molecule has 92 valence electrons. The molecule has 0 aliphatic rings. The third kappa shape index (κ3) is 2.89. The zero-order chi connectivity index (χ0) is 13.3. The first kappa shape index (κ1) is 13.3. The van der Waals surface area contributed by atoms with Crippen molar-refractivity contribution in [2.75, 3.05) is 11.1 Å². The fourth-order valence-electron chi connectivity index (χ4n) is 1.22. The van der Waals surface area contributed by atoms with E-state index in [1.165, 1.54) is 0 Å². The number of nitriles is 1. The van der Waals surface area contributed by atoms with Gasteiger partial charge in [-0.1, -0.05) is 0 Å². The van der Waals surface area contributed by atoms with Crippen molar-refractivity contribution in [3.8, 4) is 6.07 Å². The van der Waals surface area contributed by atoms with Crippen LogP contribution in [0.4, 0.5) is 11.4 Å². The van der Waals surface area contributed by atoms with Gasteiger partial charge in [0.05, 0.1) is 34.1 Å². The van der Waals surface area contributed by atoms with Gasteiger partial charge in [0.25, 0.3) is 0 Å². The van der Waals surface area contributed by atoms with Crippen LogP contribution in [0.15, 0.2) is 18.2 Å². The minimum atomic E-state index is -0.915. The summed E-state index contributed by atoms with van der Waals surface area (Å²) < 4.78 is 0. The van der Waals surface area contributed by atoms with E-state index in [0.29, 0.717) is 16.9 Å². The lowest BCUT2D eigenvalue weighted by Crippen LogP contribution is -2.51. The maximum atomic E-state index is 10.1. The van der Waals surface area contributed by atoms with Gasteiger partial charge >= 0.3 is 0 Å². The summed E-state index contributed by atoms with van der Waals surface area (Å²) in [6.45, 7) is 7.21. The number of nitrogens with zero attached hydrogens (tertiary/aromatic N) is 1. The number of benzene rings is 1. The normalized spacial score (nSPS) is 12.0. The Morgan fingerprint density at radius 3 is 2.35 bits per heavy atom. The summed E-state index contributed by atoms with van der Waals surface area (Å²) in [5, 5.41) is 22.1. The number of aliphatic hydroxyl groups is 1. The Hall–Kier alpha value is -1.73. The van der Waals surface area contributed by atoms with E-state index in [1.807, 2.05) is 13.8 Å². The van der Waals surface area contributed by atoms with Crippen LogP contribution in [0, 0.1) is 11.3 Å². The second kappa shape index (κ2) is 4.27. The van der Waals surface area contributed by atoms with Crippen molar-refractivity contribution in [3.05, 3.63) is 23.8 Å². The highest BCUT2D eigenvalue weighted by Crippen LogP contribution is 2.29. The second-order valence-electron chi connectivity index (χ2n) is 5.22. The highest BCUT2D eigenvalue weighted by molar-refractivity contribution is 5.69. The molecule has 4 nitrogen and oxygen atoms in total. The number of nitrogens with two attached hydrogens (primary N) is 1. The van der Waals surface area contributed by atoms with Crippen molar-refractivity contribution < 1.29 is 5.11 Å². The molecule has 4 heteroatoms. The number of hydrogen-bond donors (Lipinski definition) is 3. The average Bonchev–Trinajstić information content (AvgIpc) is 2.19. The van der Waals surface area contributed by atoms with Gasteiger partial charge in [-0.3, -0.25) is 0 Å². The van der Waals surface area contributed by atoms with Crippen LogP contribution in [0.25, 0.3) is 0 Å². The van der Waals surface area contributed by atoms with E-state index in [4.69, 9.17) is 11.0 Å². The van der Waals surface area contributed by atoms with Crippen molar-refractivity contribution in [1.29, 1.82) is 5.26 Å². The lowest BCUT2D eigenvalue weighted by atomic mass is 9.85. The van der Waals surface area contributed by atoms with Crippen molar-refractivity contribution in [3.63, 3.8) is 0 Å². The lowest BCUT2D eigenvalue weighted by molar-refractivity contribution is 0.0241. The van der Waals surface area contributed by atoms with Crippen LogP contribution in [0.1, 0.15) is 33.3 Å². The quantitative estimate of drug-likeness (QED) is 0.698. The highest BCUT2D eigenvalue weighted by atomic mass is 16.3. The molecule has 4 N–H and O–H groups in total. The predicted molar refractivity (Wildman–Crippen MR) is 69.6 cm³/mol. The zero-order valence-electron chi connectivity index (χ0n) is 10.7. The first-order valence-corrected chi connectivity index (χ1v) is 5.47. The van der Waals surface area contributed by atoms with Gasteiger partial charge in [0.1, 0.15) is 0 Å². The molecule has 0 atom stereocenters. The van der Waals surface area contributed by atoms with Crippen LogP contribution in [0.2, 0.25) is 0 Å². The Bertz CT molecular complexity index is 453. The molecule has 0 aliphatic heterocycles. The van der Waals surface area contributed by atoms with Crippen LogP contribution in [0.5, 0.6) is 0 Å². The molecule has 0 aromatic heterocycles. The van der Waals surface area contributed by atoms with Crippen molar-refractivity contribution in [2.24, 2.45) is 0 Å². The summed E-state index contributed by atoms with van der Waals surface area (Å²) in [6.07, 6.45) is 0. The summed E-state index contributed by atoms with van der Waals surface area (Å²) in [7, 11) is 0. The summed E-state index contributed by atoms with van der Waals surface area (Å²) in [5.41, 5.74) is 6.12. The Morgan fingerprint density at radius 1 is 1.29 bits per heavy atom. The van der Waals surface area contributed by atoms with Crippen LogP contribution in [0.3, 0.4) is 0 Å². The van der Waals surface area contributed by atoms with Crippen LogP contribution in [-0.2, 0) is 0 Å². The molecule has 0 radical (unpaired) electrons. The summed E-state index contributed by atoms with van der Waals surface area (Å²) >= 11 is 0. The molecule has 0 fully saturated rings. The fraction of sp³-hybridized carbons (Fsp3) is 0.462. The molecule has 0 aliphatic carbocycles. The number of nitrogen functional groups attached to an aromatic ring is 1. The average molecular weight is 233 g/mol. The van der Waals surface area contributed by atoms with Gasteiger partial charge in [0, 0.05) is 0 Å². The molecule has 17 heavy (non-hydrogen) atoms. The minimum absolute atomic E-state index is 0.535. The van der Waals surface area contributed by atoms with Gasteiger partial charge in [-0.2, -0.15) is 5.26 Å². The van der Waals surface area contributed by atoms with Crippen LogP contribution < -0.4 is 11.1 Å². The highest BCUT2D eigenvalue weighted by Gasteiger charge is 2.35. The first-order valence-electron chi connectivity index (χ1n) is 5.47. The van der Waals surface area contributed by atoms with Crippen LogP contribution >= 0.6 is 0 Å². The van der Waals surface area contributed by atoms with Gasteiger partial charge in [-0.25, -0.2) is 0 Å². The largest absolute Gasteiger partial charge is 0.397 e. The second-order valence-corrected chi connectivity index (χ2v) is 5.22. The van der Waals surface area contributed by atoms with E-state index in [-0.39, 0.29) is 0 Å². The standard InChI is InChI=1S/C13H19N3O/c1-12(2,13(3,4)17)16-11-7-9(8-14)5-6-10(11)15/h5-7,16-17H,15H2,1-4H3. The van der Waals surface area contributed by atoms with Crippen molar-refractivity contribution in [2.45, 2.75) is 38.8 Å². The van der Waals surface area contributed by atoms with E-state index in [9.17, 15) is 5.11 Å². The van der Waals surface area contributed by atoms with E-state index >= 15 is 0 Å². The van der Waals surface area contributed by atoms with Gasteiger partial charge in [-0.15, -0.1) is 0 Å². The molecule has 0 amide bonds. The van der Waals surface area contributed by atoms with E-state index in [1.54, 1.807) is 32.0 Å². The number of hydrogen-bond acceptors (Lipinski definition) is 4. The predicted octanol–water partition coefficient (Wildman–Crippen LogP) is 2.10. The summed E-state index contributed by atoms with van der Waals surface area (Å²) in [6, 6.07) is 7.09. The topological polar surface area (TPSA) is 82.1 Å². The molecule has 0 bridgehead atoms. The molecule has 0 saturated heterocycles. The number of anilines is 2. The Labute approximate surface area is 102 Å². The number of rotatable bonds is 3. The number of nitrogens with one attached hydrogen (secondary N) is 1. The molecule has 0 saturated carbocycles. The third-order valence-electron chi connectivity index (χ3n) is 3.16. The Balaban J connectivity index is 3.08. The van der Waals surface area contributed by atoms with Crippen LogP contribution in [-0.4, -0.2) is 16.2 Å². The fourth-order valence-corrected chi connectivity index (χ4v) is 1.22. The summed E-state index contributed by atoms with van der Waals surface area (Å²) in [5.74, 6) is 0. The third-order valence-corrected chi connectivity index (χ3v) is 3.16. The van der Waals surface area contributed by atoms with E-state index in [0.717, 1.165) is 0 Å². The molecule has 1 rings (SSSR count). The summed E-state index contributed by atoms with van der Waals surface area (Å²) in [4.78, 5) is 0. The van der Waals surface area contributed by atoms with Crippen molar-refractivity contribution in [1.82, 2.24) is 0 Å². The molecule has 1 aromatic carbocycles. The van der Waals surface area contributed by atoms with E-state index in [2.05, 4.69) is 11.4 Å². The molecular weight excluding hydrogens is 214 g/mol. The monoisotopic (exact) mass is 233 g/mol. The van der Waals surface area contributed by atoms with Gasteiger partial charge in [0.15, 0.2) is 0 Å². The SMILES string of the molecule is CC(C)(O)C(C)(C)Nc1cc(C#N)ccc1N. The maximum Gasteiger partial charge on any atom is 0.0992 e. The minimum Gasteiger partial charge on any atom is -0.397 e. The molecular formula is C13H19N3O. The maximum absolute atomic E-state index is 10.1. The molecule has 0 unspecified atom stereocenters. The van der Waals surface area contributed by atoms with E-state index < -0.39 is 11.1 Å². The molecule has 1 aromatic rings. The van der Waals surface area contributed by atoms with Gasteiger partial charge in [-0.05, 0) is 45.9 Å². The lowest BCUT2D eigenvalue weighted by Gasteiger charge is -2.39.